The number of methoxy groups -OCH3 is 1. The zero-order valence-electron chi connectivity index (χ0n) is 26.3. The molecule has 0 aliphatic heterocycles. The number of ether oxygens (including phenoxy) is 3. The number of nitrogens with zero attached hydrogens (tertiary/aromatic N) is 3. The van der Waals surface area contributed by atoms with Gasteiger partial charge in [0.05, 0.1) is 37.7 Å². The Morgan fingerprint density at radius 3 is 2.39 bits per heavy atom. The van der Waals surface area contributed by atoms with Crippen molar-refractivity contribution in [2.24, 2.45) is 0 Å². The molecule has 0 aliphatic rings. The lowest BCUT2D eigenvalue weighted by Crippen LogP contribution is -2.25. The quantitative estimate of drug-likeness (QED) is 0.141. The Morgan fingerprint density at radius 2 is 1.70 bits per heavy atom. The molecule has 0 unspecified atom stereocenters. The van der Waals surface area contributed by atoms with Crippen LogP contribution in [0.2, 0.25) is 0 Å². The van der Waals surface area contributed by atoms with Crippen molar-refractivity contribution in [3.63, 3.8) is 0 Å². The van der Waals surface area contributed by atoms with E-state index in [9.17, 15) is 19.2 Å². The van der Waals surface area contributed by atoms with E-state index in [1.807, 2.05) is 31.2 Å². The average molecular weight is 666 g/mol. The number of thioether (sulfide) groups is 1. The third-order valence-corrected chi connectivity index (χ3v) is 8.90. The minimum absolute atomic E-state index is 0.0616. The van der Waals surface area contributed by atoms with Crippen LogP contribution in [0.3, 0.4) is 0 Å². The fraction of sp³-hybridized carbons (Fsp3) is 0.312. The largest absolute Gasteiger partial charge is 0.497 e. The van der Waals surface area contributed by atoms with Gasteiger partial charge in [-0.25, -0.2) is 9.59 Å². The molecule has 0 bridgehead atoms. The molecule has 12 nitrogen and oxygen atoms in total. The van der Waals surface area contributed by atoms with Crippen LogP contribution in [-0.2, 0) is 20.8 Å². The molecule has 4 aromatic rings. The highest BCUT2D eigenvalue weighted by Gasteiger charge is 2.29. The highest BCUT2D eigenvalue weighted by molar-refractivity contribution is 8.00. The number of nitrogens with one attached hydrogen (secondary N) is 2. The molecule has 2 amide bonds. The van der Waals surface area contributed by atoms with Crippen molar-refractivity contribution < 1.29 is 33.4 Å². The summed E-state index contributed by atoms with van der Waals surface area (Å²) in [6, 6.07) is 14.5. The number of anilines is 1. The molecule has 2 aromatic heterocycles. The molecule has 1 atom stereocenters. The van der Waals surface area contributed by atoms with Crippen molar-refractivity contribution in [1.29, 1.82) is 0 Å². The summed E-state index contributed by atoms with van der Waals surface area (Å²) in [5.41, 5.74) is 2.66. The highest BCUT2D eigenvalue weighted by atomic mass is 32.2. The number of rotatable bonds is 13. The first-order valence-corrected chi connectivity index (χ1v) is 16.2. The molecule has 2 aromatic carbocycles. The Morgan fingerprint density at radius 1 is 0.978 bits per heavy atom. The third-order valence-electron chi connectivity index (χ3n) is 6.67. The number of benzene rings is 2. The molecule has 0 saturated carbocycles. The van der Waals surface area contributed by atoms with Crippen molar-refractivity contribution in [1.82, 2.24) is 20.1 Å². The Labute approximate surface area is 274 Å². The second-order valence-corrected chi connectivity index (χ2v) is 12.3. The standard InChI is InChI=1S/C32H35N5O7S2/c1-7-43-30(40)25-19(4)26(31(41)44-8-2)46-29(25)34-27(38)20(5)45-32-36-35-24(37(32)22-13-9-11-18(3)15-22)17-33-28(39)21-12-10-14-23(16-21)42-6/h9-16,20H,7-8,17H2,1-6H3,(H,33,39)(H,34,38)/t20-/m1/s1. The van der Waals surface area contributed by atoms with Crippen molar-refractivity contribution in [3.05, 3.63) is 81.5 Å². The van der Waals surface area contributed by atoms with E-state index in [2.05, 4.69) is 20.8 Å². The first-order valence-electron chi connectivity index (χ1n) is 14.5. The number of carbonyl (C=O) groups excluding carboxylic acids is 4. The van der Waals surface area contributed by atoms with Gasteiger partial charge < -0.3 is 24.8 Å². The summed E-state index contributed by atoms with van der Waals surface area (Å²) < 4.78 is 17.3. The van der Waals surface area contributed by atoms with Crippen LogP contribution in [-0.4, -0.2) is 64.1 Å². The number of thiophene rings is 1. The van der Waals surface area contributed by atoms with Gasteiger partial charge in [-0.3, -0.25) is 14.2 Å². The van der Waals surface area contributed by atoms with Crippen LogP contribution >= 0.6 is 23.1 Å². The summed E-state index contributed by atoms with van der Waals surface area (Å²) in [5, 5.41) is 14.3. The molecule has 2 heterocycles. The minimum Gasteiger partial charge on any atom is -0.497 e. The summed E-state index contributed by atoms with van der Waals surface area (Å²) in [7, 11) is 1.53. The summed E-state index contributed by atoms with van der Waals surface area (Å²) in [5.74, 6) is -0.970. The summed E-state index contributed by atoms with van der Waals surface area (Å²) >= 11 is 2.11. The first-order chi connectivity index (χ1) is 22.1. The molecule has 242 valence electrons. The number of hydrogen-bond donors (Lipinski definition) is 2. The number of esters is 2. The number of carbonyl (C=O) groups is 4. The van der Waals surface area contributed by atoms with Gasteiger partial charge in [-0.1, -0.05) is 30.0 Å². The van der Waals surface area contributed by atoms with E-state index < -0.39 is 23.1 Å². The van der Waals surface area contributed by atoms with Gasteiger partial charge >= 0.3 is 11.9 Å². The maximum absolute atomic E-state index is 13.5. The van der Waals surface area contributed by atoms with Crippen molar-refractivity contribution in [3.8, 4) is 11.4 Å². The second-order valence-electron chi connectivity index (χ2n) is 9.94. The third kappa shape index (κ3) is 7.93. The van der Waals surface area contributed by atoms with Gasteiger partial charge in [0.1, 0.15) is 15.6 Å². The molecule has 14 heteroatoms. The zero-order chi connectivity index (χ0) is 33.4. The fourth-order valence-electron chi connectivity index (χ4n) is 4.41. The summed E-state index contributed by atoms with van der Waals surface area (Å²) in [4.78, 5) is 52.0. The molecular formula is C32H35N5O7S2. The molecule has 46 heavy (non-hydrogen) atoms. The zero-order valence-corrected chi connectivity index (χ0v) is 28.0. The lowest BCUT2D eigenvalue weighted by atomic mass is 10.1. The maximum Gasteiger partial charge on any atom is 0.348 e. The van der Waals surface area contributed by atoms with Crippen molar-refractivity contribution in [2.45, 2.75) is 51.6 Å². The van der Waals surface area contributed by atoms with Crippen molar-refractivity contribution in [2.75, 3.05) is 25.6 Å². The minimum atomic E-state index is -0.713. The molecule has 4 rings (SSSR count). The number of hydrogen-bond acceptors (Lipinski definition) is 11. The lowest BCUT2D eigenvalue weighted by Gasteiger charge is -2.15. The SMILES string of the molecule is CCOC(=O)c1sc(NC(=O)[C@@H](C)Sc2nnc(CNC(=O)c3cccc(OC)c3)n2-c2cccc(C)c2)c(C(=O)OCC)c1C. The molecule has 0 saturated heterocycles. The number of aryl methyl sites for hydroxylation is 1. The molecule has 0 radical (unpaired) electrons. The predicted molar refractivity (Wildman–Crippen MR) is 175 cm³/mol. The smallest absolute Gasteiger partial charge is 0.348 e. The highest BCUT2D eigenvalue weighted by Crippen LogP contribution is 2.35. The van der Waals surface area contributed by atoms with E-state index in [1.54, 1.807) is 56.5 Å². The molecule has 0 fully saturated rings. The van der Waals surface area contributed by atoms with Gasteiger partial charge in [-0.2, -0.15) is 0 Å². The van der Waals surface area contributed by atoms with E-state index in [-0.39, 0.29) is 41.1 Å². The van der Waals surface area contributed by atoms with E-state index in [4.69, 9.17) is 14.2 Å². The van der Waals surface area contributed by atoms with Gasteiger partial charge in [0, 0.05) is 11.3 Å². The normalized spacial score (nSPS) is 11.4. The lowest BCUT2D eigenvalue weighted by molar-refractivity contribution is -0.115. The predicted octanol–water partition coefficient (Wildman–Crippen LogP) is 5.36. The number of amides is 2. The molecule has 0 aliphatic carbocycles. The van der Waals surface area contributed by atoms with Gasteiger partial charge in [0.15, 0.2) is 11.0 Å². The van der Waals surface area contributed by atoms with E-state index in [0.717, 1.165) is 34.3 Å². The summed E-state index contributed by atoms with van der Waals surface area (Å²) in [6.07, 6.45) is 0. The Balaban J connectivity index is 1.58. The van der Waals surface area contributed by atoms with Gasteiger partial charge in [-0.05, 0) is 76.1 Å². The Bertz CT molecular complexity index is 1750. The van der Waals surface area contributed by atoms with Gasteiger partial charge in [0.25, 0.3) is 5.91 Å². The van der Waals surface area contributed by atoms with Gasteiger partial charge in [-0.15, -0.1) is 21.5 Å². The Hall–Kier alpha value is -4.69. The van der Waals surface area contributed by atoms with E-state index in [1.165, 1.54) is 7.11 Å². The number of aromatic nitrogens is 3. The van der Waals surface area contributed by atoms with Crippen LogP contribution in [0.25, 0.3) is 5.69 Å². The van der Waals surface area contributed by atoms with Crippen LogP contribution in [0.15, 0.2) is 53.7 Å². The molecule has 0 spiro atoms. The summed E-state index contributed by atoms with van der Waals surface area (Å²) in [6.45, 7) is 8.96. The van der Waals surface area contributed by atoms with Crippen LogP contribution in [0, 0.1) is 13.8 Å². The molecule has 2 N–H and O–H groups in total. The second kappa shape index (κ2) is 15.5. The Kier molecular flexibility index (Phi) is 11.6. The monoisotopic (exact) mass is 665 g/mol. The topological polar surface area (TPSA) is 151 Å². The van der Waals surface area contributed by atoms with E-state index in [0.29, 0.717) is 27.9 Å². The fourth-order valence-corrected chi connectivity index (χ4v) is 6.39. The van der Waals surface area contributed by atoms with Crippen LogP contribution in [0.5, 0.6) is 5.75 Å². The van der Waals surface area contributed by atoms with Crippen molar-refractivity contribution >= 4 is 51.9 Å². The van der Waals surface area contributed by atoms with Gasteiger partial charge in [0.2, 0.25) is 5.91 Å². The van der Waals surface area contributed by atoms with Crippen LogP contribution in [0.4, 0.5) is 5.00 Å². The molecular weight excluding hydrogens is 631 g/mol. The van der Waals surface area contributed by atoms with Crippen LogP contribution in [0.1, 0.15) is 68.1 Å². The average Bonchev–Trinajstić information content (AvgIpc) is 3.59. The van der Waals surface area contributed by atoms with E-state index >= 15 is 0 Å². The van der Waals surface area contributed by atoms with Crippen LogP contribution < -0.4 is 15.4 Å². The first kappa shape index (κ1) is 34.2. The maximum atomic E-state index is 13.5.